The Labute approximate surface area is 111 Å². The average molecular weight is 260 g/mol. The second-order valence-electron chi connectivity index (χ2n) is 4.36. The number of rotatable bonds is 2. The van der Waals surface area contributed by atoms with Gasteiger partial charge in [0.1, 0.15) is 5.82 Å². The molecule has 2 rings (SSSR count). The standard InChI is InChI=1S/C13H16N4O2/c1-15-11(18)5-2-8-6-9-3-4-10(14)13(19)17-12(9)16-7-8/h2,5-7,10H,3-4,14H2,1H3,(H,15,18)(H,16,17,19). The second-order valence-corrected chi connectivity index (χ2v) is 4.36. The number of aryl methyl sites for hydroxylation is 1. The summed E-state index contributed by atoms with van der Waals surface area (Å²) < 4.78 is 0. The van der Waals surface area contributed by atoms with Crippen molar-refractivity contribution in [2.45, 2.75) is 18.9 Å². The lowest BCUT2D eigenvalue weighted by molar-refractivity contribution is -0.117. The highest BCUT2D eigenvalue weighted by Gasteiger charge is 2.20. The predicted octanol–water partition coefficient (Wildman–Crippen LogP) is 0.0528. The lowest BCUT2D eigenvalue weighted by Crippen LogP contribution is -2.34. The van der Waals surface area contributed by atoms with Crippen LogP contribution < -0.4 is 16.4 Å². The van der Waals surface area contributed by atoms with Crippen molar-refractivity contribution in [1.29, 1.82) is 0 Å². The molecule has 1 aliphatic rings. The number of anilines is 1. The fraction of sp³-hybridized carbons (Fsp3) is 0.308. The number of likely N-dealkylation sites (N-methyl/N-ethyl adjacent to an activating group) is 1. The van der Waals surface area contributed by atoms with E-state index >= 15 is 0 Å². The zero-order chi connectivity index (χ0) is 13.8. The molecule has 0 spiro atoms. The molecule has 2 heterocycles. The second kappa shape index (κ2) is 5.62. The van der Waals surface area contributed by atoms with Crippen LogP contribution in [0.5, 0.6) is 0 Å². The van der Waals surface area contributed by atoms with E-state index in [1.807, 2.05) is 6.07 Å². The van der Waals surface area contributed by atoms with Crippen molar-refractivity contribution in [2.24, 2.45) is 5.73 Å². The number of carbonyl (C=O) groups is 2. The van der Waals surface area contributed by atoms with E-state index in [2.05, 4.69) is 15.6 Å². The molecule has 1 aliphatic heterocycles. The summed E-state index contributed by atoms with van der Waals surface area (Å²) in [5, 5.41) is 5.20. The third-order valence-electron chi connectivity index (χ3n) is 2.96. The minimum Gasteiger partial charge on any atom is -0.356 e. The van der Waals surface area contributed by atoms with Crippen LogP contribution in [0.4, 0.5) is 5.82 Å². The largest absolute Gasteiger partial charge is 0.356 e. The lowest BCUT2D eigenvalue weighted by Gasteiger charge is -2.06. The SMILES string of the molecule is CNC(=O)C=Cc1cnc2c(c1)CCC(N)C(=O)N2. The van der Waals surface area contributed by atoms with Crippen LogP contribution in [0.15, 0.2) is 18.3 Å². The van der Waals surface area contributed by atoms with E-state index < -0.39 is 6.04 Å². The highest BCUT2D eigenvalue weighted by Crippen LogP contribution is 2.20. The molecule has 0 aliphatic carbocycles. The Hall–Kier alpha value is -2.21. The van der Waals surface area contributed by atoms with Gasteiger partial charge in [-0.15, -0.1) is 0 Å². The summed E-state index contributed by atoms with van der Waals surface area (Å²) in [6, 6.07) is 1.40. The number of aromatic nitrogens is 1. The third-order valence-corrected chi connectivity index (χ3v) is 2.96. The zero-order valence-corrected chi connectivity index (χ0v) is 10.6. The summed E-state index contributed by atoms with van der Waals surface area (Å²) in [6.07, 6.45) is 5.99. The fourth-order valence-corrected chi connectivity index (χ4v) is 1.83. The number of nitrogens with zero attached hydrogens (tertiary/aromatic N) is 1. The monoisotopic (exact) mass is 260 g/mol. The molecule has 2 amide bonds. The first-order chi connectivity index (χ1) is 9.10. The first kappa shape index (κ1) is 13.2. The zero-order valence-electron chi connectivity index (χ0n) is 10.6. The number of fused-ring (bicyclic) bond motifs is 1. The fourth-order valence-electron chi connectivity index (χ4n) is 1.83. The van der Waals surface area contributed by atoms with Crippen LogP contribution in [0.2, 0.25) is 0 Å². The lowest BCUT2D eigenvalue weighted by atomic mass is 10.1. The summed E-state index contributed by atoms with van der Waals surface area (Å²) in [4.78, 5) is 26.9. The maximum atomic E-state index is 11.6. The molecule has 1 unspecified atom stereocenters. The summed E-state index contributed by atoms with van der Waals surface area (Å²) in [6.45, 7) is 0. The number of carbonyl (C=O) groups excluding carboxylic acids is 2. The van der Waals surface area contributed by atoms with E-state index in [0.717, 1.165) is 11.1 Å². The minimum atomic E-state index is -0.501. The molecule has 100 valence electrons. The van der Waals surface area contributed by atoms with Crippen molar-refractivity contribution in [1.82, 2.24) is 10.3 Å². The molecule has 0 aromatic carbocycles. The van der Waals surface area contributed by atoms with E-state index in [1.165, 1.54) is 6.08 Å². The first-order valence-corrected chi connectivity index (χ1v) is 6.05. The van der Waals surface area contributed by atoms with Gasteiger partial charge in [-0.25, -0.2) is 4.98 Å². The van der Waals surface area contributed by atoms with Crippen LogP contribution >= 0.6 is 0 Å². The summed E-state index contributed by atoms with van der Waals surface area (Å²) >= 11 is 0. The molecule has 0 radical (unpaired) electrons. The maximum Gasteiger partial charge on any atom is 0.243 e. The van der Waals surface area contributed by atoms with Crippen LogP contribution in [0, 0.1) is 0 Å². The molecule has 1 aromatic heterocycles. The summed E-state index contributed by atoms with van der Waals surface area (Å²) in [5.74, 6) is 0.167. The van der Waals surface area contributed by atoms with Gasteiger partial charge in [-0.3, -0.25) is 9.59 Å². The summed E-state index contributed by atoms with van der Waals surface area (Å²) in [5.41, 5.74) is 7.45. The van der Waals surface area contributed by atoms with Crippen molar-refractivity contribution in [3.8, 4) is 0 Å². The number of pyridine rings is 1. The van der Waals surface area contributed by atoms with Crippen LogP contribution in [0.1, 0.15) is 17.5 Å². The van der Waals surface area contributed by atoms with Gasteiger partial charge in [-0.1, -0.05) is 0 Å². The molecule has 6 nitrogen and oxygen atoms in total. The van der Waals surface area contributed by atoms with Gasteiger partial charge >= 0.3 is 0 Å². The Morgan fingerprint density at radius 3 is 3.16 bits per heavy atom. The molecular formula is C13H16N4O2. The van der Waals surface area contributed by atoms with Crippen LogP contribution in [-0.2, 0) is 16.0 Å². The van der Waals surface area contributed by atoms with Crippen molar-refractivity contribution in [2.75, 3.05) is 12.4 Å². The minimum absolute atomic E-state index is 0.176. The Kier molecular flexibility index (Phi) is 3.91. The van der Waals surface area contributed by atoms with E-state index in [9.17, 15) is 9.59 Å². The van der Waals surface area contributed by atoms with Crippen molar-refractivity contribution < 1.29 is 9.59 Å². The highest BCUT2D eigenvalue weighted by molar-refractivity contribution is 5.95. The van der Waals surface area contributed by atoms with E-state index in [0.29, 0.717) is 18.7 Å². The Bertz CT molecular complexity index is 539. The van der Waals surface area contributed by atoms with Gasteiger partial charge in [-0.2, -0.15) is 0 Å². The number of amides is 2. The number of hydrogen-bond donors (Lipinski definition) is 3. The maximum absolute atomic E-state index is 11.6. The van der Waals surface area contributed by atoms with Gasteiger partial charge in [0.05, 0.1) is 6.04 Å². The van der Waals surface area contributed by atoms with Crippen LogP contribution in [-0.4, -0.2) is 29.9 Å². The predicted molar refractivity (Wildman–Crippen MR) is 72.3 cm³/mol. The molecule has 19 heavy (non-hydrogen) atoms. The van der Waals surface area contributed by atoms with Crippen molar-refractivity contribution in [3.05, 3.63) is 29.5 Å². The normalized spacial score (nSPS) is 18.6. The molecule has 0 saturated heterocycles. The highest BCUT2D eigenvalue weighted by atomic mass is 16.2. The van der Waals surface area contributed by atoms with E-state index in [4.69, 9.17) is 5.73 Å². The quantitative estimate of drug-likeness (QED) is 0.655. The first-order valence-electron chi connectivity index (χ1n) is 6.05. The smallest absolute Gasteiger partial charge is 0.243 e. The number of hydrogen-bond acceptors (Lipinski definition) is 4. The number of nitrogens with two attached hydrogens (primary N) is 1. The van der Waals surface area contributed by atoms with Crippen LogP contribution in [0.3, 0.4) is 0 Å². The van der Waals surface area contributed by atoms with E-state index in [-0.39, 0.29) is 11.8 Å². The van der Waals surface area contributed by atoms with E-state index in [1.54, 1.807) is 19.3 Å². The third kappa shape index (κ3) is 3.17. The number of nitrogens with one attached hydrogen (secondary N) is 2. The Morgan fingerprint density at radius 1 is 1.63 bits per heavy atom. The van der Waals surface area contributed by atoms with Gasteiger partial charge in [0, 0.05) is 19.3 Å². The van der Waals surface area contributed by atoms with Gasteiger partial charge in [-0.05, 0) is 36.1 Å². The van der Waals surface area contributed by atoms with Crippen LogP contribution in [0.25, 0.3) is 6.08 Å². The van der Waals surface area contributed by atoms with Gasteiger partial charge in [0.25, 0.3) is 0 Å². The molecule has 0 bridgehead atoms. The molecule has 0 fully saturated rings. The topological polar surface area (TPSA) is 97.1 Å². The van der Waals surface area contributed by atoms with Gasteiger partial charge in [0.2, 0.25) is 11.8 Å². The van der Waals surface area contributed by atoms with Gasteiger partial charge in [0.15, 0.2) is 0 Å². The molecule has 0 saturated carbocycles. The molecule has 4 N–H and O–H groups in total. The summed E-state index contributed by atoms with van der Waals surface area (Å²) in [7, 11) is 1.57. The van der Waals surface area contributed by atoms with Crippen molar-refractivity contribution in [3.63, 3.8) is 0 Å². The van der Waals surface area contributed by atoms with Crippen molar-refractivity contribution >= 4 is 23.7 Å². The Balaban J connectivity index is 2.22. The Morgan fingerprint density at radius 2 is 2.42 bits per heavy atom. The average Bonchev–Trinajstić information content (AvgIpc) is 2.56. The molecular weight excluding hydrogens is 244 g/mol. The molecule has 1 aromatic rings. The molecule has 1 atom stereocenters. The van der Waals surface area contributed by atoms with Gasteiger partial charge < -0.3 is 16.4 Å². The molecule has 6 heteroatoms.